The van der Waals surface area contributed by atoms with Gasteiger partial charge in [0.15, 0.2) is 5.69 Å². The van der Waals surface area contributed by atoms with Crippen LogP contribution in [0.2, 0.25) is 0 Å². The molecule has 0 radical (unpaired) electrons. The summed E-state index contributed by atoms with van der Waals surface area (Å²) in [6.45, 7) is 0.918. The molecule has 0 aliphatic carbocycles. The van der Waals surface area contributed by atoms with Crippen LogP contribution in [0.5, 0.6) is 5.88 Å². The minimum absolute atomic E-state index is 0.0459. The van der Waals surface area contributed by atoms with Crippen molar-refractivity contribution in [3.8, 4) is 5.88 Å². The van der Waals surface area contributed by atoms with Gasteiger partial charge < -0.3 is 16.2 Å². The third-order valence-corrected chi connectivity index (χ3v) is 1.49. The fourth-order valence-corrected chi connectivity index (χ4v) is 0.852. The molecule has 0 bridgehead atoms. The lowest BCUT2D eigenvalue weighted by Gasteiger charge is -2.05. The van der Waals surface area contributed by atoms with Gasteiger partial charge >= 0.3 is 0 Å². The smallest absolute Gasteiger partial charge is 0.272 e. The molecule has 0 saturated carbocycles. The van der Waals surface area contributed by atoms with Gasteiger partial charge in [-0.05, 0) is 13.0 Å². The van der Waals surface area contributed by atoms with Crippen LogP contribution in [0.4, 0.5) is 0 Å². The molecule has 0 unspecified atom stereocenters. The monoisotopic (exact) mass is 196 g/mol. The maximum Gasteiger partial charge on any atom is 0.272 e. The van der Waals surface area contributed by atoms with E-state index in [-0.39, 0.29) is 11.6 Å². The predicted octanol–water partition coefficient (Wildman–Crippen LogP) is -0.697. The quantitative estimate of drug-likeness (QED) is 0.606. The van der Waals surface area contributed by atoms with E-state index in [2.05, 4.69) is 9.97 Å². The number of aromatic nitrogens is 2. The Kier molecular flexibility index (Phi) is 3.81. The fourth-order valence-electron chi connectivity index (χ4n) is 0.852. The summed E-state index contributed by atoms with van der Waals surface area (Å²) in [5, 5.41) is 0. The Bertz CT molecular complexity index is 316. The zero-order valence-corrected chi connectivity index (χ0v) is 7.64. The van der Waals surface area contributed by atoms with Crippen LogP contribution in [-0.4, -0.2) is 29.0 Å². The minimum atomic E-state index is -0.652. The van der Waals surface area contributed by atoms with E-state index >= 15 is 0 Å². The first-order valence-corrected chi connectivity index (χ1v) is 4.19. The molecular formula is C8H12N4O2. The Morgan fingerprint density at radius 3 is 2.79 bits per heavy atom. The van der Waals surface area contributed by atoms with Gasteiger partial charge in [0.2, 0.25) is 5.88 Å². The molecule has 6 heteroatoms. The lowest BCUT2D eigenvalue weighted by molar-refractivity contribution is 0.0990. The molecule has 76 valence electrons. The molecule has 1 aromatic heterocycles. The average Bonchev–Trinajstić information content (AvgIpc) is 2.19. The predicted molar refractivity (Wildman–Crippen MR) is 49.7 cm³/mol. The molecule has 0 aromatic carbocycles. The summed E-state index contributed by atoms with van der Waals surface area (Å²) >= 11 is 0. The molecular weight excluding hydrogens is 184 g/mol. The van der Waals surface area contributed by atoms with Gasteiger partial charge in [-0.15, -0.1) is 0 Å². The highest BCUT2D eigenvalue weighted by molar-refractivity contribution is 5.92. The zero-order chi connectivity index (χ0) is 10.4. The lowest BCUT2D eigenvalue weighted by Crippen LogP contribution is -2.16. The number of rotatable bonds is 5. The molecule has 6 nitrogen and oxygen atoms in total. The van der Waals surface area contributed by atoms with Crippen molar-refractivity contribution >= 4 is 5.91 Å². The number of nitrogens with zero attached hydrogens (tertiary/aromatic N) is 2. The summed E-state index contributed by atoms with van der Waals surface area (Å²) in [7, 11) is 0. The zero-order valence-electron chi connectivity index (χ0n) is 7.64. The van der Waals surface area contributed by atoms with Gasteiger partial charge in [-0.2, -0.15) is 0 Å². The van der Waals surface area contributed by atoms with Crippen LogP contribution >= 0.6 is 0 Å². The highest BCUT2D eigenvalue weighted by Gasteiger charge is 2.11. The molecule has 14 heavy (non-hydrogen) atoms. The first-order valence-electron chi connectivity index (χ1n) is 4.19. The second-order valence-corrected chi connectivity index (χ2v) is 2.57. The summed E-state index contributed by atoms with van der Waals surface area (Å²) in [6, 6.07) is 0. The van der Waals surface area contributed by atoms with Crippen molar-refractivity contribution in [3.05, 3.63) is 18.1 Å². The van der Waals surface area contributed by atoms with Crippen molar-refractivity contribution < 1.29 is 9.53 Å². The summed E-state index contributed by atoms with van der Waals surface area (Å²) < 4.78 is 5.18. The number of ether oxygens (including phenoxy) is 1. The molecule has 0 fully saturated rings. The summed E-state index contributed by atoms with van der Waals surface area (Å²) in [5.41, 5.74) is 10.4. The SMILES string of the molecule is NCCCOc1nccnc1C(N)=O. The van der Waals surface area contributed by atoms with Crippen LogP contribution in [0.1, 0.15) is 16.9 Å². The van der Waals surface area contributed by atoms with E-state index in [0.29, 0.717) is 19.6 Å². The van der Waals surface area contributed by atoms with Crippen molar-refractivity contribution in [2.75, 3.05) is 13.2 Å². The van der Waals surface area contributed by atoms with Gasteiger partial charge in [-0.3, -0.25) is 4.79 Å². The third kappa shape index (κ3) is 2.67. The highest BCUT2D eigenvalue weighted by Crippen LogP contribution is 2.10. The molecule has 0 saturated heterocycles. The molecule has 0 aliphatic rings. The summed E-state index contributed by atoms with van der Waals surface area (Å²) in [6.07, 6.45) is 3.51. The van der Waals surface area contributed by atoms with Crippen LogP contribution in [0.15, 0.2) is 12.4 Å². The van der Waals surface area contributed by atoms with Crippen LogP contribution in [-0.2, 0) is 0 Å². The Balaban J connectivity index is 2.69. The molecule has 4 N–H and O–H groups in total. The van der Waals surface area contributed by atoms with Crippen LogP contribution < -0.4 is 16.2 Å². The van der Waals surface area contributed by atoms with Crippen molar-refractivity contribution in [1.29, 1.82) is 0 Å². The third-order valence-electron chi connectivity index (χ3n) is 1.49. The van der Waals surface area contributed by atoms with E-state index in [9.17, 15) is 4.79 Å². The summed E-state index contributed by atoms with van der Waals surface area (Å²) in [5.74, 6) is -0.491. The average molecular weight is 196 g/mol. The number of carbonyl (C=O) groups is 1. The van der Waals surface area contributed by atoms with E-state index in [1.807, 2.05) is 0 Å². The van der Waals surface area contributed by atoms with Gasteiger partial charge in [-0.1, -0.05) is 0 Å². The molecule has 1 heterocycles. The molecule has 0 spiro atoms. The van der Waals surface area contributed by atoms with Gasteiger partial charge in [0.25, 0.3) is 5.91 Å². The van der Waals surface area contributed by atoms with Crippen LogP contribution in [0, 0.1) is 0 Å². The lowest BCUT2D eigenvalue weighted by atomic mass is 10.4. The molecule has 1 amide bonds. The van der Waals surface area contributed by atoms with E-state index in [4.69, 9.17) is 16.2 Å². The molecule has 1 aromatic rings. The van der Waals surface area contributed by atoms with E-state index in [1.165, 1.54) is 12.4 Å². The Morgan fingerprint density at radius 2 is 2.14 bits per heavy atom. The van der Waals surface area contributed by atoms with Crippen LogP contribution in [0.25, 0.3) is 0 Å². The maximum absolute atomic E-state index is 10.9. The van der Waals surface area contributed by atoms with Gasteiger partial charge in [0.1, 0.15) is 0 Å². The first kappa shape index (κ1) is 10.4. The van der Waals surface area contributed by atoms with Crippen molar-refractivity contribution in [3.63, 3.8) is 0 Å². The standard InChI is InChI=1S/C8H12N4O2/c9-2-1-5-14-8-6(7(10)13)11-3-4-12-8/h3-4H,1-2,5,9H2,(H2,10,13). The van der Waals surface area contributed by atoms with Crippen molar-refractivity contribution in [1.82, 2.24) is 9.97 Å². The maximum atomic E-state index is 10.9. The van der Waals surface area contributed by atoms with E-state index < -0.39 is 5.91 Å². The second kappa shape index (κ2) is 5.13. The Morgan fingerprint density at radius 1 is 1.43 bits per heavy atom. The second-order valence-electron chi connectivity index (χ2n) is 2.57. The number of hydrogen-bond acceptors (Lipinski definition) is 5. The van der Waals surface area contributed by atoms with E-state index in [1.54, 1.807) is 0 Å². The van der Waals surface area contributed by atoms with E-state index in [0.717, 1.165) is 0 Å². The first-order chi connectivity index (χ1) is 6.75. The van der Waals surface area contributed by atoms with Crippen molar-refractivity contribution in [2.45, 2.75) is 6.42 Å². The van der Waals surface area contributed by atoms with Gasteiger partial charge in [0, 0.05) is 12.4 Å². The Hall–Kier alpha value is -1.69. The minimum Gasteiger partial charge on any atom is -0.476 e. The highest BCUT2D eigenvalue weighted by atomic mass is 16.5. The number of primary amides is 1. The summed E-state index contributed by atoms with van der Waals surface area (Å²) in [4.78, 5) is 18.5. The fraction of sp³-hybridized carbons (Fsp3) is 0.375. The van der Waals surface area contributed by atoms with Gasteiger partial charge in [0.05, 0.1) is 6.61 Å². The van der Waals surface area contributed by atoms with Crippen molar-refractivity contribution in [2.24, 2.45) is 11.5 Å². The number of amides is 1. The Labute approximate surface area is 81.3 Å². The largest absolute Gasteiger partial charge is 0.476 e. The number of nitrogens with two attached hydrogens (primary N) is 2. The number of carbonyl (C=O) groups excluding carboxylic acids is 1. The number of hydrogen-bond donors (Lipinski definition) is 2. The topological polar surface area (TPSA) is 104 Å². The van der Waals surface area contributed by atoms with Crippen LogP contribution in [0.3, 0.4) is 0 Å². The molecule has 1 rings (SSSR count). The normalized spacial score (nSPS) is 9.79. The van der Waals surface area contributed by atoms with Gasteiger partial charge in [-0.25, -0.2) is 9.97 Å². The molecule has 0 atom stereocenters. The molecule has 0 aliphatic heterocycles.